The van der Waals surface area contributed by atoms with Gasteiger partial charge >= 0.3 is 39.5 Å². The Labute approximate surface area is 543 Å². The third kappa shape index (κ3) is 64.6. The van der Waals surface area contributed by atoms with Gasteiger partial charge in [-0.05, 0) is 37.5 Å². The molecule has 0 radical (unpaired) electrons. The first kappa shape index (κ1) is 87.1. The van der Waals surface area contributed by atoms with Crippen molar-refractivity contribution in [1.29, 1.82) is 0 Å². The average Bonchev–Trinajstić information content (AvgIpc) is 3.55. The van der Waals surface area contributed by atoms with Gasteiger partial charge in [0.25, 0.3) is 0 Å². The normalized spacial score (nSPS) is 14.1. The molecule has 5 atom stereocenters. The van der Waals surface area contributed by atoms with E-state index in [1.54, 1.807) is 0 Å². The molecule has 528 valence electrons. The minimum atomic E-state index is -4.95. The molecule has 17 nitrogen and oxygen atoms in total. The van der Waals surface area contributed by atoms with Gasteiger partial charge in [-0.2, -0.15) is 0 Å². The largest absolute Gasteiger partial charge is 0.472 e. The van der Waals surface area contributed by atoms with Gasteiger partial charge in [0.2, 0.25) is 0 Å². The summed E-state index contributed by atoms with van der Waals surface area (Å²) in [6.07, 6.45) is 47.9. The Morgan fingerprint density at radius 2 is 0.517 bits per heavy atom. The maximum atomic E-state index is 13.0. The van der Waals surface area contributed by atoms with E-state index in [2.05, 4.69) is 41.5 Å². The number of hydrogen-bond acceptors (Lipinski definition) is 15. The number of carbonyl (C=O) groups is 4. The molecule has 0 heterocycles. The number of unbranched alkanes of at least 4 members (excludes halogenated alkanes) is 39. The van der Waals surface area contributed by atoms with Crippen molar-refractivity contribution >= 4 is 39.5 Å². The molecule has 0 aromatic rings. The fourth-order valence-electron chi connectivity index (χ4n) is 10.6. The van der Waals surface area contributed by atoms with Crippen LogP contribution in [0.2, 0.25) is 0 Å². The quantitative estimate of drug-likeness (QED) is 0.0222. The topological polar surface area (TPSA) is 237 Å². The average molecular weight is 1310 g/mol. The fourth-order valence-corrected chi connectivity index (χ4v) is 12.2. The summed E-state index contributed by atoms with van der Waals surface area (Å²) >= 11 is 0. The van der Waals surface area contributed by atoms with E-state index in [9.17, 15) is 43.2 Å². The van der Waals surface area contributed by atoms with Crippen LogP contribution in [0.15, 0.2) is 0 Å². The summed E-state index contributed by atoms with van der Waals surface area (Å²) in [7, 11) is -9.89. The van der Waals surface area contributed by atoms with Crippen LogP contribution in [0, 0.1) is 11.8 Å². The fraction of sp³-hybridized carbons (Fsp3) is 0.943. The van der Waals surface area contributed by atoms with Gasteiger partial charge in [-0.25, -0.2) is 9.13 Å². The predicted molar refractivity (Wildman–Crippen MR) is 358 cm³/mol. The van der Waals surface area contributed by atoms with E-state index >= 15 is 0 Å². The van der Waals surface area contributed by atoms with Crippen LogP contribution >= 0.6 is 15.6 Å². The summed E-state index contributed by atoms with van der Waals surface area (Å²) in [6, 6.07) is 0. The van der Waals surface area contributed by atoms with Crippen molar-refractivity contribution in [3.63, 3.8) is 0 Å². The van der Waals surface area contributed by atoms with Crippen molar-refractivity contribution in [3.8, 4) is 0 Å². The first-order valence-electron chi connectivity index (χ1n) is 36.5. The van der Waals surface area contributed by atoms with Crippen molar-refractivity contribution in [3.05, 3.63) is 0 Å². The first-order chi connectivity index (χ1) is 42.9. The van der Waals surface area contributed by atoms with Crippen LogP contribution in [0.25, 0.3) is 0 Å². The molecule has 0 fully saturated rings. The Morgan fingerprint density at radius 1 is 0.303 bits per heavy atom. The lowest BCUT2D eigenvalue weighted by Gasteiger charge is -2.21. The maximum Gasteiger partial charge on any atom is 0.472 e. The predicted octanol–water partition coefficient (Wildman–Crippen LogP) is 20.0. The van der Waals surface area contributed by atoms with E-state index in [1.165, 1.54) is 167 Å². The molecule has 0 amide bonds. The number of aliphatic hydroxyl groups excluding tert-OH is 1. The van der Waals surface area contributed by atoms with Crippen molar-refractivity contribution < 1.29 is 80.2 Å². The number of aliphatic hydroxyl groups is 1. The molecular formula is C70H136O17P2. The number of hydrogen-bond donors (Lipinski definition) is 3. The van der Waals surface area contributed by atoms with Gasteiger partial charge in [0, 0.05) is 25.7 Å². The van der Waals surface area contributed by atoms with Crippen LogP contribution in [0.1, 0.15) is 356 Å². The lowest BCUT2D eigenvalue weighted by molar-refractivity contribution is -0.161. The monoisotopic (exact) mass is 1310 g/mol. The van der Waals surface area contributed by atoms with Crippen LogP contribution in [0.4, 0.5) is 0 Å². The minimum Gasteiger partial charge on any atom is -0.462 e. The summed E-state index contributed by atoms with van der Waals surface area (Å²) in [4.78, 5) is 72.2. The number of esters is 4. The molecule has 2 unspecified atom stereocenters. The zero-order chi connectivity index (χ0) is 65.7. The van der Waals surface area contributed by atoms with Crippen LogP contribution in [-0.4, -0.2) is 96.7 Å². The molecule has 19 heteroatoms. The van der Waals surface area contributed by atoms with Crippen LogP contribution in [0.3, 0.4) is 0 Å². The van der Waals surface area contributed by atoms with Crippen LogP contribution in [-0.2, 0) is 65.4 Å². The molecular weight excluding hydrogens is 1170 g/mol. The zero-order valence-corrected chi connectivity index (χ0v) is 59.5. The highest BCUT2D eigenvalue weighted by molar-refractivity contribution is 7.47. The highest BCUT2D eigenvalue weighted by Crippen LogP contribution is 2.45. The van der Waals surface area contributed by atoms with Crippen LogP contribution in [0.5, 0.6) is 0 Å². The summed E-state index contributed by atoms with van der Waals surface area (Å²) in [5.41, 5.74) is 0. The molecule has 0 spiro atoms. The molecule has 0 aliphatic carbocycles. The Hall–Kier alpha value is -1.94. The molecule has 0 aliphatic heterocycles. The second-order valence-electron chi connectivity index (χ2n) is 26.2. The van der Waals surface area contributed by atoms with E-state index in [0.717, 1.165) is 102 Å². The molecule has 0 aromatic carbocycles. The minimum absolute atomic E-state index is 0.101. The molecule has 0 rings (SSSR count). The molecule has 0 aromatic heterocycles. The van der Waals surface area contributed by atoms with Gasteiger partial charge in [-0.1, -0.05) is 305 Å². The number of carbonyl (C=O) groups excluding carboxylic acids is 4. The zero-order valence-electron chi connectivity index (χ0n) is 57.7. The maximum absolute atomic E-state index is 13.0. The van der Waals surface area contributed by atoms with Gasteiger partial charge in [0.15, 0.2) is 12.2 Å². The third-order valence-corrected chi connectivity index (χ3v) is 18.1. The lowest BCUT2D eigenvalue weighted by atomic mass is 10.0. The molecule has 0 saturated heterocycles. The highest BCUT2D eigenvalue weighted by Gasteiger charge is 2.30. The molecule has 0 bridgehead atoms. The summed E-state index contributed by atoms with van der Waals surface area (Å²) in [6.45, 7) is 9.39. The van der Waals surface area contributed by atoms with Crippen molar-refractivity contribution in [2.75, 3.05) is 39.6 Å². The smallest absolute Gasteiger partial charge is 0.462 e. The number of phosphoric acid groups is 2. The SMILES string of the molecule is CCCCCCCCCCCCCCCCCCC(=O)OC[C@H](COP(=O)(O)OC[C@@H](O)COP(=O)(O)OC[C@@H](COC(=O)CCCCCCC)OC(=O)CCCCCCCCC(C)C)OC(=O)CCCCCCCCCCCCCCCCCCC(C)C. The number of phosphoric ester groups is 2. The highest BCUT2D eigenvalue weighted by atomic mass is 31.2. The Bertz CT molecular complexity index is 1730. The van der Waals surface area contributed by atoms with Gasteiger partial charge in [-0.3, -0.25) is 37.3 Å². The molecule has 0 aliphatic rings. The Balaban J connectivity index is 5.13. The van der Waals surface area contributed by atoms with Gasteiger partial charge < -0.3 is 33.8 Å². The second kappa shape index (κ2) is 62.2. The van der Waals surface area contributed by atoms with Gasteiger partial charge in [0.1, 0.15) is 19.3 Å². The van der Waals surface area contributed by atoms with E-state index in [4.69, 9.17) is 37.0 Å². The van der Waals surface area contributed by atoms with Gasteiger partial charge in [0.05, 0.1) is 26.4 Å². The van der Waals surface area contributed by atoms with E-state index in [-0.39, 0.29) is 25.7 Å². The van der Waals surface area contributed by atoms with Crippen molar-refractivity contribution in [1.82, 2.24) is 0 Å². The molecule has 0 saturated carbocycles. The second-order valence-corrected chi connectivity index (χ2v) is 29.1. The third-order valence-electron chi connectivity index (χ3n) is 16.2. The molecule has 3 N–H and O–H groups in total. The first-order valence-corrected chi connectivity index (χ1v) is 39.5. The van der Waals surface area contributed by atoms with E-state index in [0.29, 0.717) is 31.6 Å². The lowest BCUT2D eigenvalue weighted by Crippen LogP contribution is -2.30. The van der Waals surface area contributed by atoms with Crippen molar-refractivity contribution in [2.24, 2.45) is 11.8 Å². The Kier molecular flexibility index (Phi) is 60.8. The van der Waals surface area contributed by atoms with Crippen molar-refractivity contribution in [2.45, 2.75) is 374 Å². The summed E-state index contributed by atoms with van der Waals surface area (Å²) in [5.74, 6) is -0.660. The van der Waals surface area contributed by atoms with Gasteiger partial charge in [-0.15, -0.1) is 0 Å². The molecule has 89 heavy (non-hydrogen) atoms. The van der Waals surface area contributed by atoms with E-state index < -0.39 is 97.5 Å². The Morgan fingerprint density at radius 3 is 0.764 bits per heavy atom. The summed E-state index contributed by atoms with van der Waals surface area (Å²) < 4.78 is 68.0. The number of ether oxygens (including phenoxy) is 4. The van der Waals surface area contributed by atoms with E-state index in [1.807, 2.05) is 0 Å². The summed E-state index contributed by atoms with van der Waals surface area (Å²) in [5, 5.41) is 10.5. The number of rotatable bonds is 69. The standard InChI is InChI=1S/C70H136O17P2/c1-7-9-11-13-14-15-16-17-18-22-25-28-31-34-41-47-53-68(73)81-59-66(86-69(74)54-48-42-35-32-29-26-23-20-19-21-24-27-30-33-39-44-50-62(3)4)61-85-89(78,79)83-57-64(71)56-82-88(76,77)84-60-65(58-80-67(72)52-46-38-12-10-8-2)87-70(75)55-49-43-37-36-40-45-51-63(5)6/h62-66,71H,7-61H2,1-6H3,(H,76,77)(H,78,79)/t64-,65+,66+/m0/s1. The van der Waals surface area contributed by atoms with Crippen LogP contribution < -0.4 is 0 Å².